The Kier molecular flexibility index (Phi) is 8.62. The van der Waals surface area contributed by atoms with Gasteiger partial charge in [0.2, 0.25) is 0 Å². The number of nitrogens with zero attached hydrogens (tertiary/aromatic N) is 4. The van der Waals surface area contributed by atoms with Gasteiger partial charge in [-0.05, 0) is 25.5 Å². The molecule has 1 unspecified atom stereocenters. The Morgan fingerprint density at radius 3 is 2.86 bits per heavy atom. The molecule has 0 aromatic carbocycles. The summed E-state index contributed by atoms with van der Waals surface area (Å²) in [7, 11) is 0. The average Bonchev–Trinajstić information content (AvgIpc) is 3.29. The van der Waals surface area contributed by atoms with Crippen LogP contribution in [0.3, 0.4) is 0 Å². The van der Waals surface area contributed by atoms with Crippen LogP contribution in [0.2, 0.25) is 0 Å². The molecule has 0 bridgehead atoms. The molecular weight excluding hydrogens is 502 g/mol. The lowest BCUT2D eigenvalue weighted by molar-refractivity contribution is 0.583. The highest BCUT2D eigenvalue weighted by Gasteiger charge is 2.26. The quantitative estimate of drug-likeness (QED) is 0.347. The van der Waals surface area contributed by atoms with Crippen molar-refractivity contribution < 1.29 is 4.39 Å². The van der Waals surface area contributed by atoms with Crippen molar-refractivity contribution >= 4 is 47.1 Å². The third kappa shape index (κ3) is 6.50. The average molecular weight is 532 g/mol. The summed E-state index contributed by atoms with van der Waals surface area (Å²) in [6, 6.07) is 3.26. The highest BCUT2D eigenvalue weighted by molar-refractivity contribution is 14.0. The fourth-order valence-electron chi connectivity index (χ4n) is 3.08. The number of aromatic nitrogens is 2. The number of nitrogens with one attached hydrogen (secondary N) is 2. The van der Waals surface area contributed by atoms with Gasteiger partial charge in [-0.25, -0.2) is 19.4 Å². The van der Waals surface area contributed by atoms with Gasteiger partial charge in [-0.3, -0.25) is 0 Å². The number of halogens is 2. The third-order valence-corrected chi connectivity index (χ3v) is 5.82. The first-order valence-corrected chi connectivity index (χ1v) is 10.6. The molecule has 1 atom stereocenters. The Morgan fingerprint density at radius 2 is 2.21 bits per heavy atom. The zero-order chi connectivity index (χ0) is 20.1. The molecule has 6 nitrogen and oxygen atoms in total. The van der Waals surface area contributed by atoms with Crippen LogP contribution in [0.1, 0.15) is 44.8 Å². The highest BCUT2D eigenvalue weighted by atomic mass is 127. The monoisotopic (exact) mass is 532 g/mol. The van der Waals surface area contributed by atoms with Crippen LogP contribution in [0.5, 0.6) is 0 Å². The summed E-state index contributed by atoms with van der Waals surface area (Å²) < 4.78 is 14.0. The molecular formula is C20H30FIN6S. The van der Waals surface area contributed by atoms with Crippen molar-refractivity contribution in [1.29, 1.82) is 0 Å². The SMILES string of the molecule is CCNC(=NCc1csc(C(C)(C)C)n1)NC1CCN(c2ncccc2F)C1.I. The van der Waals surface area contributed by atoms with Gasteiger partial charge in [0.05, 0.1) is 17.2 Å². The summed E-state index contributed by atoms with van der Waals surface area (Å²) in [5.74, 6) is 0.911. The fraction of sp³-hybridized carbons (Fsp3) is 0.550. The molecule has 2 aromatic rings. The molecule has 2 aromatic heterocycles. The molecule has 3 heterocycles. The number of pyridine rings is 1. The largest absolute Gasteiger partial charge is 0.357 e. The molecule has 0 radical (unpaired) electrons. The Labute approximate surface area is 193 Å². The predicted molar refractivity (Wildman–Crippen MR) is 129 cm³/mol. The Hall–Kier alpha value is -1.49. The standard InChI is InChI=1S/C20H29FN6S.HI/c1-5-22-19(24-11-15-13-28-18(25-15)20(2,3)4)26-14-8-10-27(12-14)17-16(21)7-6-9-23-17;/h6-7,9,13-14H,5,8,10-12H2,1-4H3,(H2,22,24,26);1H. The Bertz CT molecular complexity index is 819. The third-order valence-electron chi connectivity index (χ3n) is 4.50. The van der Waals surface area contributed by atoms with Gasteiger partial charge in [-0.15, -0.1) is 35.3 Å². The summed E-state index contributed by atoms with van der Waals surface area (Å²) in [6.07, 6.45) is 2.54. The second kappa shape index (κ2) is 10.5. The van der Waals surface area contributed by atoms with Gasteiger partial charge in [0.1, 0.15) is 0 Å². The molecule has 1 saturated heterocycles. The number of hydrogen-bond donors (Lipinski definition) is 2. The molecule has 1 aliphatic rings. The van der Waals surface area contributed by atoms with Crippen LogP contribution in [0, 0.1) is 5.82 Å². The zero-order valence-corrected chi connectivity index (χ0v) is 20.6. The van der Waals surface area contributed by atoms with E-state index in [1.165, 1.54) is 6.07 Å². The topological polar surface area (TPSA) is 65.4 Å². The highest BCUT2D eigenvalue weighted by Crippen LogP contribution is 2.25. The number of anilines is 1. The Balaban J connectivity index is 0.00000300. The minimum absolute atomic E-state index is 0. The van der Waals surface area contributed by atoms with Gasteiger partial charge in [0.25, 0.3) is 0 Å². The van der Waals surface area contributed by atoms with Crippen molar-refractivity contribution in [3.05, 3.63) is 40.2 Å². The van der Waals surface area contributed by atoms with Crippen molar-refractivity contribution in [2.24, 2.45) is 4.99 Å². The van der Waals surface area contributed by atoms with E-state index in [1.807, 2.05) is 11.8 Å². The van der Waals surface area contributed by atoms with Gasteiger partial charge in [-0.2, -0.15) is 0 Å². The van der Waals surface area contributed by atoms with Crippen LogP contribution in [0.25, 0.3) is 0 Å². The molecule has 0 amide bonds. The zero-order valence-electron chi connectivity index (χ0n) is 17.4. The van der Waals surface area contributed by atoms with Crippen LogP contribution < -0.4 is 15.5 Å². The van der Waals surface area contributed by atoms with Crippen molar-refractivity contribution in [3.8, 4) is 0 Å². The van der Waals surface area contributed by atoms with Crippen LogP contribution >= 0.6 is 35.3 Å². The van der Waals surface area contributed by atoms with E-state index in [0.29, 0.717) is 18.9 Å². The lowest BCUT2D eigenvalue weighted by atomic mass is 9.98. The fourth-order valence-corrected chi connectivity index (χ4v) is 3.98. The number of thiazole rings is 1. The van der Waals surface area contributed by atoms with Gasteiger partial charge in [0, 0.05) is 42.7 Å². The summed E-state index contributed by atoms with van der Waals surface area (Å²) in [4.78, 5) is 15.6. The van der Waals surface area contributed by atoms with E-state index < -0.39 is 0 Å². The maximum Gasteiger partial charge on any atom is 0.191 e. The number of rotatable bonds is 5. The van der Waals surface area contributed by atoms with Crippen molar-refractivity contribution in [1.82, 2.24) is 20.6 Å². The second-order valence-corrected chi connectivity index (χ2v) is 8.83. The minimum atomic E-state index is -0.276. The molecule has 160 valence electrons. The lowest BCUT2D eigenvalue weighted by Gasteiger charge is -2.19. The van der Waals surface area contributed by atoms with E-state index >= 15 is 0 Å². The predicted octanol–water partition coefficient (Wildman–Crippen LogP) is 3.93. The van der Waals surface area contributed by atoms with Crippen molar-refractivity contribution in [2.45, 2.75) is 52.1 Å². The van der Waals surface area contributed by atoms with Crippen LogP contribution in [-0.2, 0) is 12.0 Å². The molecule has 0 aliphatic carbocycles. The van der Waals surface area contributed by atoms with E-state index in [4.69, 9.17) is 4.98 Å². The van der Waals surface area contributed by atoms with Crippen LogP contribution in [0.15, 0.2) is 28.7 Å². The van der Waals surface area contributed by atoms with Gasteiger partial charge in [0.15, 0.2) is 17.6 Å². The Morgan fingerprint density at radius 1 is 1.41 bits per heavy atom. The van der Waals surface area contributed by atoms with E-state index in [0.717, 1.165) is 36.2 Å². The number of aliphatic imine (C=N–C) groups is 1. The van der Waals surface area contributed by atoms with E-state index in [1.54, 1.807) is 23.6 Å². The number of hydrogen-bond acceptors (Lipinski definition) is 5. The molecule has 29 heavy (non-hydrogen) atoms. The lowest BCUT2D eigenvalue weighted by Crippen LogP contribution is -2.44. The summed E-state index contributed by atoms with van der Waals surface area (Å²) in [5, 5.41) is 9.96. The molecule has 2 N–H and O–H groups in total. The smallest absolute Gasteiger partial charge is 0.191 e. The van der Waals surface area contributed by atoms with E-state index in [9.17, 15) is 4.39 Å². The van der Waals surface area contributed by atoms with Crippen molar-refractivity contribution in [2.75, 3.05) is 24.5 Å². The van der Waals surface area contributed by atoms with Crippen molar-refractivity contribution in [3.63, 3.8) is 0 Å². The molecule has 0 saturated carbocycles. The molecule has 3 rings (SSSR count). The van der Waals surface area contributed by atoms with E-state index in [2.05, 4.69) is 46.8 Å². The molecule has 1 fully saturated rings. The summed E-state index contributed by atoms with van der Waals surface area (Å²) in [6.45, 7) is 11.3. The van der Waals surface area contributed by atoms with Gasteiger partial charge in [-0.1, -0.05) is 20.8 Å². The van der Waals surface area contributed by atoms with Crippen LogP contribution in [0.4, 0.5) is 10.2 Å². The first-order valence-electron chi connectivity index (χ1n) is 9.72. The summed E-state index contributed by atoms with van der Waals surface area (Å²) >= 11 is 1.68. The summed E-state index contributed by atoms with van der Waals surface area (Å²) in [5.41, 5.74) is 1.04. The second-order valence-electron chi connectivity index (χ2n) is 7.97. The van der Waals surface area contributed by atoms with Gasteiger partial charge < -0.3 is 15.5 Å². The van der Waals surface area contributed by atoms with Crippen LogP contribution in [-0.4, -0.2) is 41.6 Å². The molecule has 1 aliphatic heterocycles. The normalized spacial score (nSPS) is 17.2. The molecule has 9 heteroatoms. The van der Waals surface area contributed by atoms with E-state index in [-0.39, 0.29) is 41.3 Å². The molecule has 0 spiro atoms. The maximum absolute atomic E-state index is 14.0. The first-order chi connectivity index (χ1) is 13.4. The minimum Gasteiger partial charge on any atom is -0.357 e. The first kappa shape index (κ1) is 23.8. The number of guanidine groups is 1. The maximum atomic E-state index is 14.0. The van der Waals surface area contributed by atoms with Gasteiger partial charge >= 0.3 is 0 Å².